The van der Waals surface area contributed by atoms with Gasteiger partial charge in [0.25, 0.3) is 0 Å². The number of hydrogen-bond donors (Lipinski definition) is 2. The van der Waals surface area contributed by atoms with E-state index in [1.165, 1.54) is 11.8 Å². The molecule has 0 spiro atoms. The first-order chi connectivity index (χ1) is 7.22. The zero-order valence-electron chi connectivity index (χ0n) is 9.23. The number of hydrogen-bond acceptors (Lipinski definition) is 3. The molecule has 0 saturated carbocycles. The molecule has 0 aliphatic carbocycles. The number of rotatable bonds is 5. The van der Waals surface area contributed by atoms with Gasteiger partial charge in [0.1, 0.15) is 5.75 Å². The first-order valence-corrected chi connectivity index (χ1v) is 5.89. The van der Waals surface area contributed by atoms with E-state index in [4.69, 9.17) is 15.9 Å². The third-order valence-corrected chi connectivity index (χ3v) is 2.58. The highest BCUT2D eigenvalue weighted by Gasteiger charge is 1.97. The third-order valence-electron chi connectivity index (χ3n) is 1.79. The van der Waals surface area contributed by atoms with Gasteiger partial charge in [-0.3, -0.25) is 5.41 Å². The maximum Gasteiger partial charge on any atom is 0.151 e. The van der Waals surface area contributed by atoms with Gasteiger partial charge in [-0.15, -0.1) is 12.4 Å². The topological polar surface area (TPSA) is 59.1 Å². The summed E-state index contributed by atoms with van der Waals surface area (Å²) >= 11 is 1.33. The number of thioether (sulfide) groups is 1. The van der Waals surface area contributed by atoms with Crippen LogP contribution in [0.25, 0.3) is 0 Å². The molecular weight excluding hydrogens is 244 g/mol. The van der Waals surface area contributed by atoms with Crippen LogP contribution >= 0.6 is 24.2 Å². The number of benzene rings is 1. The lowest BCUT2D eigenvalue weighted by Crippen LogP contribution is -2.03. The molecule has 0 saturated heterocycles. The van der Waals surface area contributed by atoms with Gasteiger partial charge >= 0.3 is 0 Å². The molecule has 1 aromatic carbocycles. The Hall–Kier alpha value is -0.870. The van der Waals surface area contributed by atoms with Gasteiger partial charge in [-0.1, -0.05) is 30.8 Å². The van der Waals surface area contributed by atoms with Crippen molar-refractivity contribution in [2.45, 2.75) is 19.1 Å². The number of nitrogens with one attached hydrogen (secondary N) is 1. The van der Waals surface area contributed by atoms with E-state index in [2.05, 4.69) is 6.92 Å². The summed E-state index contributed by atoms with van der Waals surface area (Å²) in [6, 6.07) is 7.90. The molecule has 90 valence electrons. The monoisotopic (exact) mass is 260 g/mol. The zero-order valence-corrected chi connectivity index (χ0v) is 10.9. The van der Waals surface area contributed by atoms with E-state index in [1.54, 1.807) is 0 Å². The van der Waals surface area contributed by atoms with Crippen molar-refractivity contribution in [3.8, 4) is 5.75 Å². The summed E-state index contributed by atoms with van der Waals surface area (Å²) in [4.78, 5) is 0. The minimum Gasteiger partial charge on any atom is -0.494 e. The largest absolute Gasteiger partial charge is 0.494 e. The molecule has 0 amide bonds. The van der Waals surface area contributed by atoms with E-state index < -0.39 is 0 Å². The van der Waals surface area contributed by atoms with Gasteiger partial charge in [0.15, 0.2) is 5.17 Å². The first kappa shape index (κ1) is 15.1. The van der Waals surface area contributed by atoms with Crippen molar-refractivity contribution in [2.75, 3.05) is 6.61 Å². The van der Waals surface area contributed by atoms with Gasteiger partial charge in [0.2, 0.25) is 0 Å². The summed E-state index contributed by atoms with van der Waals surface area (Å²) in [5.41, 5.74) is 6.41. The Kier molecular flexibility index (Phi) is 7.85. The van der Waals surface area contributed by atoms with Crippen LogP contribution in [0.4, 0.5) is 0 Å². The Labute approximate surface area is 107 Å². The molecule has 0 aromatic heterocycles. The lowest BCUT2D eigenvalue weighted by Gasteiger charge is -2.05. The number of nitrogens with two attached hydrogens (primary N) is 1. The van der Waals surface area contributed by atoms with Crippen molar-refractivity contribution < 1.29 is 4.74 Å². The summed E-state index contributed by atoms with van der Waals surface area (Å²) in [5.74, 6) is 1.64. The van der Waals surface area contributed by atoms with Crippen LogP contribution in [-0.2, 0) is 5.75 Å². The van der Waals surface area contributed by atoms with Crippen molar-refractivity contribution >= 4 is 29.3 Å². The molecule has 0 radical (unpaired) electrons. The molecule has 3 nitrogen and oxygen atoms in total. The van der Waals surface area contributed by atoms with Gasteiger partial charge in [-0.05, 0) is 24.1 Å². The molecular formula is C11H17ClN2OS. The van der Waals surface area contributed by atoms with E-state index >= 15 is 0 Å². The predicted molar refractivity (Wildman–Crippen MR) is 72.7 cm³/mol. The number of amidine groups is 1. The molecule has 5 heteroatoms. The second-order valence-electron chi connectivity index (χ2n) is 3.15. The Morgan fingerprint density at radius 1 is 1.38 bits per heavy atom. The quantitative estimate of drug-likeness (QED) is 0.632. The third kappa shape index (κ3) is 5.88. The van der Waals surface area contributed by atoms with Crippen molar-refractivity contribution in [1.29, 1.82) is 5.41 Å². The first-order valence-electron chi connectivity index (χ1n) is 4.91. The highest BCUT2D eigenvalue weighted by molar-refractivity contribution is 8.13. The average Bonchev–Trinajstić information content (AvgIpc) is 2.25. The minimum absolute atomic E-state index is 0. The molecule has 0 fully saturated rings. The fourth-order valence-electron chi connectivity index (χ4n) is 1.06. The molecule has 3 N–H and O–H groups in total. The van der Waals surface area contributed by atoms with E-state index in [0.717, 1.165) is 30.1 Å². The van der Waals surface area contributed by atoms with Crippen LogP contribution in [-0.4, -0.2) is 11.8 Å². The average molecular weight is 261 g/mol. The Morgan fingerprint density at radius 3 is 2.50 bits per heavy atom. The van der Waals surface area contributed by atoms with Crippen LogP contribution in [0, 0.1) is 5.41 Å². The summed E-state index contributed by atoms with van der Waals surface area (Å²) < 4.78 is 5.46. The Morgan fingerprint density at radius 2 is 2.00 bits per heavy atom. The molecule has 0 unspecified atom stereocenters. The molecule has 1 aromatic rings. The highest BCUT2D eigenvalue weighted by Crippen LogP contribution is 2.16. The van der Waals surface area contributed by atoms with Gasteiger partial charge in [-0.2, -0.15) is 0 Å². The molecule has 0 bridgehead atoms. The Bertz CT molecular complexity index is 316. The summed E-state index contributed by atoms with van der Waals surface area (Å²) in [5, 5.41) is 7.25. The molecule has 0 aliphatic rings. The lowest BCUT2D eigenvalue weighted by molar-refractivity contribution is 0.317. The van der Waals surface area contributed by atoms with Crippen molar-refractivity contribution in [1.82, 2.24) is 0 Å². The molecule has 0 aliphatic heterocycles. The van der Waals surface area contributed by atoms with Gasteiger partial charge in [0, 0.05) is 5.75 Å². The van der Waals surface area contributed by atoms with Crippen LogP contribution in [0.1, 0.15) is 18.9 Å². The van der Waals surface area contributed by atoms with E-state index in [9.17, 15) is 0 Å². The fourth-order valence-corrected chi connectivity index (χ4v) is 1.58. The summed E-state index contributed by atoms with van der Waals surface area (Å²) in [7, 11) is 0. The molecule has 16 heavy (non-hydrogen) atoms. The normalized spacial score (nSPS) is 9.31. The zero-order chi connectivity index (χ0) is 11.1. The molecule has 1 rings (SSSR count). The molecule has 0 heterocycles. The van der Waals surface area contributed by atoms with Crippen molar-refractivity contribution in [2.24, 2.45) is 5.73 Å². The maximum atomic E-state index is 7.09. The lowest BCUT2D eigenvalue weighted by atomic mass is 10.2. The second kappa shape index (κ2) is 8.30. The van der Waals surface area contributed by atoms with E-state index in [-0.39, 0.29) is 17.6 Å². The predicted octanol–water partition coefficient (Wildman–Crippen LogP) is 3.02. The fraction of sp³-hybridized carbons (Fsp3) is 0.364. The van der Waals surface area contributed by atoms with Crippen molar-refractivity contribution in [3.63, 3.8) is 0 Å². The Balaban J connectivity index is 0.00000225. The van der Waals surface area contributed by atoms with Crippen LogP contribution in [0.2, 0.25) is 0 Å². The summed E-state index contributed by atoms with van der Waals surface area (Å²) in [6.45, 7) is 2.83. The van der Waals surface area contributed by atoms with Crippen LogP contribution in [0.5, 0.6) is 5.75 Å². The second-order valence-corrected chi connectivity index (χ2v) is 4.16. The van der Waals surface area contributed by atoms with Crippen LogP contribution in [0.3, 0.4) is 0 Å². The minimum atomic E-state index is 0. The maximum absolute atomic E-state index is 7.09. The van der Waals surface area contributed by atoms with Gasteiger partial charge in [0.05, 0.1) is 6.61 Å². The van der Waals surface area contributed by atoms with Gasteiger partial charge in [-0.25, -0.2) is 0 Å². The summed E-state index contributed by atoms with van der Waals surface area (Å²) in [6.07, 6.45) is 1.02. The standard InChI is InChI=1S/C11H16N2OS.ClH/c1-2-7-14-10-5-3-9(4-6-10)8-15-11(12)13;/h3-6H,2,7-8H2,1H3,(H3,12,13);1H. The van der Waals surface area contributed by atoms with Crippen LogP contribution < -0.4 is 10.5 Å². The van der Waals surface area contributed by atoms with E-state index in [0.29, 0.717) is 0 Å². The van der Waals surface area contributed by atoms with E-state index in [1.807, 2.05) is 24.3 Å². The van der Waals surface area contributed by atoms with Crippen LogP contribution in [0.15, 0.2) is 24.3 Å². The van der Waals surface area contributed by atoms with Crippen molar-refractivity contribution in [3.05, 3.63) is 29.8 Å². The number of halogens is 1. The SMILES string of the molecule is CCCOc1ccc(CSC(=N)N)cc1.Cl. The van der Waals surface area contributed by atoms with Gasteiger partial charge < -0.3 is 10.5 Å². The highest BCUT2D eigenvalue weighted by atomic mass is 35.5. The molecule has 0 atom stereocenters. The number of ether oxygens (including phenoxy) is 1. The smallest absolute Gasteiger partial charge is 0.151 e.